The highest BCUT2D eigenvalue weighted by Gasteiger charge is 2.08. The third-order valence-corrected chi connectivity index (χ3v) is 2.74. The predicted molar refractivity (Wildman–Crippen MR) is 70.0 cm³/mol. The Bertz CT molecular complexity index is 661. The van der Waals surface area contributed by atoms with Gasteiger partial charge in [0.1, 0.15) is 5.52 Å². The van der Waals surface area contributed by atoms with Gasteiger partial charge in [-0.1, -0.05) is 6.07 Å². The third-order valence-electron chi connectivity index (χ3n) is 2.74. The number of aromatic nitrogens is 2. The van der Waals surface area contributed by atoms with Crippen LogP contribution < -0.4 is 5.32 Å². The summed E-state index contributed by atoms with van der Waals surface area (Å²) >= 11 is 0. The Kier molecular flexibility index (Phi) is 2.78. The topological polar surface area (TPSA) is 51.0 Å². The Morgan fingerprint density at radius 1 is 1.28 bits per heavy atom. The van der Waals surface area contributed by atoms with Crippen LogP contribution in [-0.4, -0.2) is 17.0 Å². The van der Waals surface area contributed by atoms with Crippen LogP contribution in [0.15, 0.2) is 47.1 Å². The maximum absolute atomic E-state index is 5.72. The number of hydrogen-bond acceptors (Lipinski definition) is 4. The second-order valence-electron chi connectivity index (χ2n) is 4.09. The molecule has 0 aliphatic rings. The quantitative estimate of drug-likeness (QED) is 0.763. The van der Waals surface area contributed by atoms with Gasteiger partial charge in [0.2, 0.25) is 5.89 Å². The van der Waals surface area contributed by atoms with Crippen molar-refractivity contribution in [2.24, 2.45) is 0 Å². The zero-order chi connectivity index (χ0) is 12.4. The van der Waals surface area contributed by atoms with Crippen LogP contribution in [0.1, 0.15) is 5.56 Å². The van der Waals surface area contributed by atoms with Crippen molar-refractivity contribution in [3.63, 3.8) is 0 Å². The number of fused-ring (bicyclic) bond motifs is 1. The number of oxazole rings is 1. The van der Waals surface area contributed by atoms with E-state index < -0.39 is 0 Å². The molecular formula is C14H13N3O. The molecule has 0 saturated heterocycles. The molecule has 90 valence electrons. The summed E-state index contributed by atoms with van der Waals surface area (Å²) in [5.74, 6) is 0.611. The lowest BCUT2D eigenvalue weighted by atomic mass is 10.2. The molecule has 0 unspecified atom stereocenters. The van der Waals surface area contributed by atoms with Crippen molar-refractivity contribution < 1.29 is 4.42 Å². The molecule has 0 bridgehead atoms. The highest BCUT2D eigenvalue weighted by molar-refractivity contribution is 5.76. The first-order chi connectivity index (χ1) is 8.86. The van der Waals surface area contributed by atoms with E-state index in [2.05, 4.69) is 15.3 Å². The van der Waals surface area contributed by atoms with Gasteiger partial charge in [0.25, 0.3) is 0 Å². The van der Waals surface area contributed by atoms with Crippen molar-refractivity contribution in [2.45, 2.75) is 6.54 Å². The van der Waals surface area contributed by atoms with Crippen molar-refractivity contribution in [2.75, 3.05) is 7.05 Å². The zero-order valence-corrected chi connectivity index (χ0v) is 10.1. The highest BCUT2D eigenvalue weighted by Crippen LogP contribution is 2.24. The molecule has 0 atom stereocenters. The maximum Gasteiger partial charge on any atom is 0.228 e. The zero-order valence-electron chi connectivity index (χ0n) is 10.1. The van der Waals surface area contributed by atoms with Gasteiger partial charge in [-0.15, -0.1) is 0 Å². The Labute approximate surface area is 105 Å². The van der Waals surface area contributed by atoms with E-state index in [1.54, 1.807) is 12.4 Å². The van der Waals surface area contributed by atoms with Gasteiger partial charge in [0.05, 0.1) is 5.56 Å². The Hall–Kier alpha value is -2.20. The Morgan fingerprint density at radius 2 is 2.22 bits per heavy atom. The molecule has 0 amide bonds. The standard InChI is InChI=1S/C14H13N3O/c1-15-8-10-4-5-13-12(7-10)17-14(18-13)11-3-2-6-16-9-11/h2-7,9,15H,8H2,1H3. The molecule has 18 heavy (non-hydrogen) atoms. The number of rotatable bonds is 3. The van der Waals surface area contributed by atoms with Crippen LogP contribution in [0.5, 0.6) is 0 Å². The second-order valence-corrected chi connectivity index (χ2v) is 4.09. The molecule has 2 heterocycles. The molecule has 1 N–H and O–H groups in total. The van der Waals surface area contributed by atoms with Gasteiger partial charge in [-0.2, -0.15) is 0 Å². The molecule has 0 fully saturated rings. The molecule has 3 aromatic rings. The lowest BCUT2D eigenvalue weighted by Crippen LogP contribution is -2.04. The molecule has 1 aromatic carbocycles. The molecule has 0 spiro atoms. The molecule has 4 heteroatoms. The smallest absolute Gasteiger partial charge is 0.228 e. The normalized spacial score (nSPS) is 10.9. The van der Waals surface area contributed by atoms with Crippen LogP contribution in [0.2, 0.25) is 0 Å². The minimum Gasteiger partial charge on any atom is -0.436 e. The van der Waals surface area contributed by atoms with Crippen molar-refractivity contribution in [1.82, 2.24) is 15.3 Å². The Balaban J connectivity index is 2.06. The van der Waals surface area contributed by atoms with Gasteiger partial charge in [-0.05, 0) is 36.9 Å². The summed E-state index contributed by atoms with van der Waals surface area (Å²) in [5.41, 5.74) is 3.76. The number of hydrogen-bond donors (Lipinski definition) is 1. The van der Waals surface area contributed by atoms with Gasteiger partial charge in [-0.3, -0.25) is 4.98 Å². The average Bonchev–Trinajstić information content (AvgIpc) is 2.83. The van der Waals surface area contributed by atoms with E-state index >= 15 is 0 Å². The van der Waals surface area contributed by atoms with Crippen LogP contribution in [-0.2, 0) is 6.54 Å². The molecule has 0 aliphatic carbocycles. The van der Waals surface area contributed by atoms with Crippen LogP contribution in [0.25, 0.3) is 22.6 Å². The summed E-state index contributed by atoms with van der Waals surface area (Å²) in [6, 6.07) is 9.84. The third kappa shape index (κ3) is 1.98. The molecule has 0 aliphatic heterocycles. The fourth-order valence-corrected chi connectivity index (χ4v) is 1.90. The summed E-state index contributed by atoms with van der Waals surface area (Å²) in [7, 11) is 1.92. The first kappa shape index (κ1) is 10.9. The van der Waals surface area contributed by atoms with E-state index in [0.29, 0.717) is 5.89 Å². The minimum absolute atomic E-state index is 0.611. The van der Waals surface area contributed by atoms with Crippen LogP contribution in [0, 0.1) is 0 Å². The van der Waals surface area contributed by atoms with E-state index in [9.17, 15) is 0 Å². The molecule has 4 nitrogen and oxygen atoms in total. The monoisotopic (exact) mass is 239 g/mol. The molecule has 0 saturated carbocycles. The summed E-state index contributed by atoms with van der Waals surface area (Å²) in [5, 5.41) is 3.12. The number of nitrogens with zero attached hydrogens (tertiary/aromatic N) is 2. The summed E-state index contributed by atoms with van der Waals surface area (Å²) in [4.78, 5) is 8.56. The summed E-state index contributed by atoms with van der Waals surface area (Å²) < 4.78 is 5.72. The van der Waals surface area contributed by atoms with Gasteiger partial charge in [0, 0.05) is 18.9 Å². The van der Waals surface area contributed by atoms with E-state index in [1.807, 2.05) is 37.4 Å². The minimum atomic E-state index is 0.611. The first-order valence-electron chi connectivity index (χ1n) is 5.81. The van der Waals surface area contributed by atoms with E-state index in [-0.39, 0.29) is 0 Å². The summed E-state index contributed by atoms with van der Waals surface area (Å²) in [6.45, 7) is 0.824. The van der Waals surface area contributed by atoms with Gasteiger partial charge in [-0.25, -0.2) is 4.98 Å². The van der Waals surface area contributed by atoms with Crippen LogP contribution in [0.4, 0.5) is 0 Å². The molecule has 3 rings (SSSR count). The highest BCUT2D eigenvalue weighted by atomic mass is 16.3. The van der Waals surface area contributed by atoms with Crippen molar-refractivity contribution in [3.05, 3.63) is 48.3 Å². The van der Waals surface area contributed by atoms with Crippen molar-refractivity contribution in [3.8, 4) is 11.5 Å². The predicted octanol–water partition coefficient (Wildman–Crippen LogP) is 2.61. The van der Waals surface area contributed by atoms with Gasteiger partial charge < -0.3 is 9.73 Å². The van der Waals surface area contributed by atoms with Gasteiger partial charge in [0.15, 0.2) is 5.58 Å². The van der Waals surface area contributed by atoms with Crippen LogP contribution >= 0.6 is 0 Å². The fraction of sp³-hybridized carbons (Fsp3) is 0.143. The number of benzene rings is 1. The number of pyridine rings is 1. The number of nitrogens with one attached hydrogen (secondary N) is 1. The fourth-order valence-electron chi connectivity index (χ4n) is 1.90. The Morgan fingerprint density at radius 3 is 3.00 bits per heavy atom. The average molecular weight is 239 g/mol. The van der Waals surface area contributed by atoms with Crippen molar-refractivity contribution in [1.29, 1.82) is 0 Å². The van der Waals surface area contributed by atoms with E-state index in [1.165, 1.54) is 5.56 Å². The second kappa shape index (κ2) is 4.58. The van der Waals surface area contributed by atoms with Crippen molar-refractivity contribution >= 4 is 11.1 Å². The summed E-state index contributed by atoms with van der Waals surface area (Å²) in [6.07, 6.45) is 3.48. The lowest BCUT2D eigenvalue weighted by molar-refractivity contribution is 0.619. The first-order valence-corrected chi connectivity index (χ1v) is 5.81. The molecule has 2 aromatic heterocycles. The van der Waals surface area contributed by atoms with E-state index in [0.717, 1.165) is 23.2 Å². The van der Waals surface area contributed by atoms with E-state index in [4.69, 9.17) is 4.42 Å². The SMILES string of the molecule is CNCc1ccc2oc(-c3cccnc3)nc2c1. The maximum atomic E-state index is 5.72. The lowest BCUT2D eigenvalue weighted by Gasteiger charge is -1.97. The molecule has 0 radical (unpaired) electrons. The molecular weight excluding hydrogens is 226 g/mol. The van der Waals surface area contributed by atoms with Gasteiger partial charge >= 0.3 is 0 Å². The largest absolute Gasteiger partial charge is 0.436 e. The van der Waals surface area contributed by atoms with Crippen LogP contribution in [0.3, 0.4) is 0 Å².